The first kappa shape index (κ1) is 63.5. The minimum absolute atomic E-state index is 0.122. The number of aliphatic hydroxyl groups excluding tert-OH is 5. The van der Waals surface area contributed by atoms with Gasteiger partial charge in [0, 0.05) is 13.0 Å². The van der Waals surface area contributed by atoms with Crippen molar-refractivity contribution in [3.05, 3.63) is 85.1 Å². The highest BCUT2D eigenvalue weighted by molar-refractivity contribution is 7.47. The molecule has 0 spiro atoms. The van der Waals surface area contributed by atoms with Crippen LogP contribution in [0.1, 0.15) is 194 Å². The van der Waals surface area contributed by atoms with Gasteiger partial charge in [-0.3, -0.25) is 13.8 Å². The van der Waals surface area contributed by atoms with Gasteiger partial charge in [0.2, 0.25) is 0 Å². The fourth-order valence-electron chi connectivity index (χ4n) is 7.60. The largest absolute Gasteiger partial charge is 0.472 e. The van der Waals surface area contributed by atoms with E-state index in [-0.39, 0.29) is 13.0 Å². The summed E-state index contributed by atoms with van der Waals surface area (Å²) < 4.78 is 34.2. The van der Waals surface area contributed by atoms with E-state index in [1.807, 2.05) is 0 Å². The minimum atomic E-state index is -5.05. The van der Waals surface area contributed by atoms with Gasteiger partial charge in [-0.2, -0.15) is 0 Å². The van der Waals surface area contributed by atoms with Crippen LogP contribution in [-0.4, -0.2) is 98.9 Å². The Labute approximate surface area is 412 Å². The van der Waals surface area contributed by atoms with Gasteiger partial charge >= 0.3 is 13.8 Å². The molecule has 1 aliphatic rings. The number of ether oxygens (including phenoxy) is 2. The summed E-state index contributed by atoms with van der Waals surface area (Å²) >= 11 is 0. The van der Waals surface area contributed by atoms with E-state index < -0.39 is 63.1 Å². The first-order valence-corrected chi connectivity index (χ1v) is 27.9. The second-order valence-electron chi connectivity index (χ2n) is 18.0. The molecule has 0 bridgehead atoms. The molecule has 392 valence electrons. The van der Waals surface area contributed by atoms with Crippen molar-refractivity contribution in [3.8, 4) is 0 Å². The summed E-state index contributed by atoms with van der Waals surface area (Å²) in [6.07, 6.45) is 48.0. The van der Waals surface area contributed by atoms with E-state index in [9.17, 15) is 39.8 Å². The maximum absolute atomic E-state index is 12.9. The highest BCUT2D eigenvalue weighted by Gasteiger charge is 2.51. The summed E-state index contributed by atoms with van der Waals surface area (Å²) in [5.74, 6) is -0.501. The number of carbonyl (C=O) groups excluding carboxylic acids is 1. The van der Waals surface area contributed by atoms with Gasteiger partial charge in [-0.05, 0) is 83.5 Å². The molecule has 12 nitrogen and oxygen atoms in total. The van der Waals surface area contributed by atoms with Gasteiger partial charge in [0.15, 0.2) is 0 Å². The maximum Gasteiger partial charge on any atom is 0.472 e. The molecule has 68 heavy (non-hydrogen) atoms. The molecule has 6 unspecified atom stereocenters. The molecule has 1 aliphatic carbocycles. The molecule has 0 saturated heterocycles. The molecule has 0 heterocycles. The minimum Gasteiger partial charge on any atom is -0.457 e. The van der Waals surface area contributed by atoms with Gasteiger partial charge in [-0.1, -0.05) is 189 Å². The van der Waals surface area contributed by atoms with Gasteiger partial charge in [-0.25, -0.2) is 4.57 Å². The molecular formula is C55H95O12P. The molecule has 13 heteroatoms. The van der Waals surface area contributed by atoms with Crippen molar-refractivity contribution in [2.75, 3.05) is 19.8 Å². The summed E-state index contributed by atoms with van der Waals surface area (Å²) in [7, 11) is -5.05. The molecule has 0 aliphatic heterocycles. The third-order valence-corrected chi connectivity index (χ3v) is 12.7. The fraction of sp³-hybridized carbons (Fsp3) is 0.727. The molecule has 0 radical (unpaired) electrons. The number of esters is 1. The highest BCUT2D eigenvalue weighted by atomic mass is 31.2. The lowest BCUT2D eigenvalue weighted by Gasteiger charge is -2.41. The number of phosphoric ester groups is 1. The van der Waals surface area contributed by atoms with Crippen LogP contribution in [0.3, 0.4) is 0 Å². The van der Waals surface area contributed by atoms with E-state index >= 15 is 0 Å². The van der Waals surface area contributed by atoms with E-state index in [4.69, 9.17) is 18.5 Å². The molecule has 0 aromatic rings. The zero-order valence-electron chi connectivity index (χ0n) is 42.1. The van der Waals surface area contributed by atoms with Crippen molar-refractivity contribution >= 4 is 13.8 Å². The lowest BCUT2D eigenvalue weighted by atomic mass is 9.85. The number of phosphoric acid groups is 1. The van der Waals surface area contributed by atoms with E-state index in [0.29, 0.717) is 19.4 Å². The predicted molar refractivity (Wildman–Crippen MR) is 276 cm³/mol. The Morgan fingerprint density at radius 1 is 0.485 bits per heavy atom. The molecule has 1 fully saturated rings. The Bertz CT molecular complexity index is 1440. The van der Waals surface area contributed by atoms with Crippen LogP contribution in [0.25, 0.3) is 0 Å². The normalized spacial score (nSPS) is 21.8. The summed E-state index contributed by atoms with van der Waals surface area (Å²) in [4.78, 5) is 23.3. The Hall–Kier alpha value is -2.48. The summed E-state index contributed by atoms with van der Waals surface area (Å²) in [6.45, 7) is 4.01. The van der Waals surface area contributed by atoms with E-state index in [2.05, 4.69) is 98.9 Å². The Morgan fingerprint density at radius 2 is 0.868 bits per heavy atom. The lowest BCUT2D eigenvalue weighted by molar-refractivity contribution is -0.220. The number of hydrogen-bond donors (Lipinski definition) is 6. The van der Waals surface area contributed by atoms with Crippen molar-refractivity contribution in [1.82, 2.24) is 0 Å². The van der Waals surface area contributed by atoms with Gasteiger partial charge in [-0.15, -0.1) is 0 Å². The average molecular weight is 979 g/mol. The second kappa shape index (κ2) is 44.5. The molecule has 0 aromatic heterocycles. The van der Waals surface area contributed by atoms with Crippen LogP contribution in [0.15, 0.2) is 85.1 Å². The number of allylic oxidation sites excluding steroid dienone is 14. The standard InChI is InChI=1S/C55H95O12P/c1-3-5-7-9-11-13-15-17-19-21-23-25-26-28-30-32-34-36-38-40-42-44-49(56)66-48(47-65-68(62,63)67-55-53(60)51(58)50(57)52(59)54(55)61)46-64-45-43-41-39-37-35-33-31-29-27-24-22-20-18-16-14-12-10-8-6-4-2/h6,8,12,14,18,20-21,23-24,27,31,33,37,39,48,50-55,57-61H,3-5,7,9-11,13,15-17,19,22,25-26,28-30,32,34-36,38,40-47H2,1-2H3,(H,62,63)/b8-6-,14-12-,20-18-,23-21-,27-24-,33-31-,39-37-. The van der Waals surface area contributed by atoms with Gasteiger partial charge in [0.1, 0.15) is 42.7 Å². The maximum atomic E-state index is 12.9. The summed E-state index contributed by atoms with van der Waals surface area (Å²) in [5, 5.41) is 50.3. The van der Waals surface area contributed by atoms with Crippen LogP contribution in [0.4, 0.5) is 0 Å². The Kier molecular flexibility index (Phi) is 41.5. The molecule has 1 saturated carbocycles. The third-order valence-electron chi connectivity index (χ3n) is 11.8. The first-order chi connectivity index (χ1) is 33.0. The van der Waals surface area contributed by atoms with Crippen molar-refractivity contribution in [3.63, 3.8) is 0 Å². The molecular weight excluding hydrogens is 884 g/mol. The molecule has 1 rings (SSSR count). The number of aliphatic hydroxyl groups is 5. The Balaban J connectivity index is 2.38. The second-order valence-corrected chi connectivity index (χ2v) is 19.4. The van der Waals surface area contributed by atoms with Crippen LogP contribution in [0, 0.1) is 0 Å². The van der Waals surface area contributed by atoms with Gasteiger partial charge < -0.3 is 39.9 Å². The van der Waals surface area contributed by atoms with Crippen LogP contribution in [0.2, 0.25) is 0 Å². The molecule has 6 N–H and O–H groups in total. The number of unbranched alkanes of at least 4 members (excludes halogenated alkanes) is 18. The van der Waals surface area contributed by atoms with Crippen LogP contribution in [0.5, 0.6) is 0 Å². The molecule has 0 aromatic carbocycles. The highest BCUT2D eigenvalue weighted by Crippen LogP contribution is 2.47. The zero-order valence-corrected chi connectivity index (χ0v) is 43.0. The number of hydrogen-bond acceptors (Lipinski definition) is 11. The van der Waals surface area contributed by atoms with Crippen molar-refractivity contribution in [2.45, 2.75) is 236 Å². The van der Waals surface area contributed by atoms with Crippen LogP contribution in [-0.2, 0) is 27.9 Å². The SMILES string of the molecule is CC/C=C\C/C=C\C/C=C\C/C=C\C/C=C\C/C=C\CCCOCC(COP(=O)(O)OC1C(O)C(O)C(O)C(O)C1O)OC(=O)CCCCCCCCCCC/C=C\CCCCCCCCCC. The first-order valence-electron chi connectivity index (χ1n) is 26.4. The van der Waals surface area contributed by atoms with E-state index in [1.54, 1.807) is 0 Å². The van der Waals surface area contributed by atoms with E-state index in [0.717, 1.165) is 64.2 Å². The Morgan fingerprint density at radius 3 is 1.34 bits per heavy atom. The fourth-order valence-corrected chi connectivity index (χ4v) is 8.57. The predicted octanol–water partition coefficient (Wildman–Crippen LogP) is 12.1. The quantitative estimate of drug-likeness (QED) is 0.0147. The van der Waals surface area contributed by atoms with Crippen molar-refractivity contribution < 1.29 is 58.3 Å². The topological polar surface area (TPSA) is 192 Å². The van der Waals surface area contributed by atoms with Crippen molar-refractivity contribution in [1.29, 1.82) is 0 Å². The smallest absolute Gasteiger partial charge is 0.457 e. The van der Waals surface area contributed by atoms with Gasteiger partial charge in [0.05, 0.1) is 13.2 Å². The monoisotopic (exact) mass is 979 g/mol. The lowest BCUT2D eigenvalue weighted by Crippen LogP contribution is -2.64. The average Bonchev–Trinajstić information content (AvgIpc) is 3.32. The van der Waals surface area contributed by atoms with Crippen LogP contribution >= 0.6 is 7.82 Å². The number of rotatable bonds is 44. The zero-order chi connectivity index (χ0) is 49.8. The van der Waals surface area contributed by atoms with Crippen LogP contribution < -0.4 is 0 Å². The molecule has 6 atom stereocenters. The van der Waals surface area contributed by atoms with Gasteiger partial charge in [0.25, 0.3) is 0 Å². The van der Waals surface area contributed by atoms with E-state index in [1.165, 1.54) is 96.3 Å². The third kappa shape index (κ3) is 35.6. The molecule has 0 amide bonds. The summed E-state index contributed by atoms with van der Waals surface area (Å²) in [6, 6.07) is 0. The summed E-state index contributed by atoms with van der Waals surface area (Å²) in [5.41, 5.74) is 0. The number of carbonyl (C=O) groups is 1. The van der Waals surface area contributed by atoms with Crippen molar-refractivity contribution in [2.24, 2.45) is 0 Å².